The van der Waals surface area contributed by atoms with Crippen molar-refractivity contribution in [2.45, 2.75) is 11.8 Å². The summed E-state index contributed by atoms with van der Waals surface area (Å²) in [4.78, 5) is 22.2. The molecule has 0 unspecified atom stereocenters. The van der Waals surface area contributed by atoms with Crippen LogP contribution in [-0.4, -0.2) is 33.8 Å². The summed E-state index contributed by atoms with van der Waals surface area (Å²) in [5.41, 5.74) is -0.649. The van der Waals surface area contributed by atoms with E-state index in [2.05, 4.69) is 5.10 Å². The van der Waals surface area contributed by atoms with E-state index in [1.807, 2.05) is 0 Å². The molecular weight excluding hydrogens is 324 g/mol. The predicted octanol–water partition coefficient (Wildman–Crippen LogP) is 1.07. The molecule has 1 aromatic heterocycles. The number of aromatic nitrogens is 2. The molecule has 0 aliphatic rings. The maximum atomic E-state index is 11.8. The van der Waals surface area contributed by atoms with Crippen LogP contribution < -0.4 is 5.56 Å². The fraction of sp³-hybridized carbons (Fsp3) is 0.0909. The van der Waals surface area contributed by atoms with Crippen molar-refractivity contribution in [1.82, 2.24) is 9.78 Å². The van der Waals surface area contributed by atoms with Crippen LogP contribution in [0.2, 0.25) is 5.02 Å². The number of aryl methyl sites for hydroxylation is 1. The third kappa shape index (κ3) is 2.84. The molecule has 0 saturated heterocycles. The lowest BCUT2D eigenvalue weighted by molar-refractivity contribution is 0.0690. The van der Waals surface area contributed by atoms with E-state index in [4.69, 9.17) is 21.3 Å². The molecular formula is C11H9ClN2O6S. The molecule has 0 spiro atoms. The minimum Gasteiger partial charge on any atom is -0.477 e. The monoisotopic (exact) mass is 332 g/mol. The first kappa shape index (κ1) is 15.3. The molecule has 1 heterocycles. The number of hydrogen-bond acceptors (Lipinski definition) is 4. The topological polar surface area (TPSA) is 129 Å². The van der Waals surface area contributed by atoms with Crippen LogP contribution in [0.25, 0.3) is 5.69 Å². The second kappa shape index (κ2) is 5.02. The van der Waals surface area contributed by atoms with Crippen LogP contribution in [-0.2, 0) is 10.1 Å². The van der Waals surface area contributed by atoms with Gasteiger partial charge in [0.25, 0.3) is 15.7 Å². The summed E-state index contributed by atoms with van der Waals surface area (Å²) < 4.78 is 32.1. The summed E-state index contributed by atoms with van der Waals surface area (Å²) in [6.45, 7) is 1.46. The van der Waals surface area contributed by atoms with E-state index in [1.54, 1.807) is 0 Å². The van der Waals surface area contributed by atoms with Gasteiger partial charge in [0.2, 0.25) is 0 Å². The lowest BCUT2D eigenvalue weighted by Crippen LogP contribution is -2.16. The first-order valence-electron chi connectivity index (χ1n) is 5.44. The zero-order chi connectivity index (χ0) is 15.9. The van der Waals surface area contributed by atoms with Crippen molar-refractivity contribution in [3.05, 3.63) is 44.8 Å². The Morgan fingerprint density at radius 3 is 2.38 bits per heavy atom. The van der Waals surface area contributed by atoms with E-state index in [9.17, 15) is 18.0 Å². The Kier molecular flexibility index (Phi) is 3.66. The highest BCUT2D eigenvalue weighted by atomic mass is 35.5. The SMILES string of the molecule is Cc1cc(S(=O)(=O)O)cc(Cl)c1-n1[nH]c(C(=O)O)cc1=O. The summed E-state index contributed by atoms with van der Waals surface area (Å²) in [6.07, 6.45) is 0. The van der Waals surface area contributed by atoms with E-state index in [-0.39, 0.29) is 22.0 Å². The molecule has 21 heavy (non-hydrogen) atoms. The number of nitrogens with one attached hydrogen (secondary N) is 1. The highest BCUT2D eigenvalue weighted by molar-refractivity contribution is 7.85. The second-order valence-electron chi connectivity index (χ2n) is 4.19. The lowest BCUT2D eigenvalue weighted by Gasteiger charge is -2.10. The average molecular weight is 333 g/mol. The fourth-order valence-electron chi connectivity index (χ4n) is 1.81. The molecule has 0 aliphatic heterocycles. The smallest absolute Gasteiger partial charge is 0.353 e. The fourth-order valence-corrected chi connectivity index (χ4v) is 2.82. The Hall–Kier alpha value is -2.10. The lowest BCUT2D eigenvalue weighted by atomic mass is 10.2. The molecule has 0 fully saturated rings. The zero-order valence-corrected chi connectivity index (χ0v) is 12.1. The molecule has 2 rings (SSSR count). The van der Waals surface area contributed by atoms with Gasteiger partial charge >= 0.3 is 5.97 Å². The van der Waals surface area contributed by atoms with E-state index in [0.717, 1.165) is 22.9 Å². The molecule has 0 amide bonds. The number of carbonyl (C=O) groups is 1. The minimum absolute atomic E-state index is 0.0987. The Labute approximate surface area is 123 Å². The Bertz CT molecular complexity index is 873. The van der Waals surface area contributed by atoms with Crippen LogP contribution in [0.5, 0.6) is 0 Å². The van der Waals surface area contributed by atoms with Crippen LogP contribution in [0.15, 0.2) is 27.9 Å². The average Bonchev–Trinajstić information content (AvgIpc) is 2.69. The van der Waals surface area contributed by atoms with Crippen LogP contribution in [0, 0.1) is 6.92 Å². The maximum Gasteiger partial charge on any atom is 0.353 e. The van der Waals surface area contributed by atoms with Crippen molar-refractivity contribution < 1.29 is 22.9 Å². The number of rotatable bonds is 3. The highest BCUT2D eigenvalue weighted by Crippen LogP contribution is 2.26. The van der Waals surface area contributed by atoms with Crippen LogP contribution >= 0.6 is 11.6 Å². The normalized spacial score (nSPS) is 11.6. The summed E-state index contributed by atoms with van der Waals surface area (Å²) >= 11 is 5.93. The minimum atomic E-state index is -4.44. The van der Waals surface area contributed by atoms with Gasteiger partial charge in [0.05, 0.1) is 15.6 Å². The van der Waals surface area contributed by atoms with Gasteiger partial charge in [-0.1, -0.05) is 11.6 Å². The number of halogens is 1. The number of aromatic carboxylic acids is 1. The predicted molar refractivity (Wildman–Crippen MR) is 72.9 cm³/mol. The van der Waals surface area contributed by atoms with Gasteiger partial charge in [0.15, 0.2) is 0 Å². The summed E-state index contributed by atoms with van der Waals surface area (Å²) in [7, 11) is -4.44. The van der Waals surface area contributed by atoms with E-state index in [1.165, 1.54) is 6.92 Å². The molecule has 10 heteroatoms. The third-order valence-corrected chi connectivity index (χ3v) is 3.82. The Morgan fingerprint density at radius 2 is 1.95 bits per heavy atom. The number of aromatic amines is 1. The van der Waals surface area contributed by atoms with Crippen molar-refractivity contribution in [3.8, 4) is 5.69 Å². The number of H-pyrrole nitrogens is 1. The molecule has 8 nitrogen and oxygen atoms in total. The van der Waals surface area contributed by atoms with Gasteiger partial charge in [-0.3, -0.25) is 14.4 Å². The van der Waals surface area contributed by atoms with Crippen molar-refractivity contribution >= 4 is 27.7 Å². The highest BCUT2D eigenvalue weighted by Gasteiger charge is 2.18. The van der Waals surface area contributed by atoms with Gasteiger partial charge in [-0.15, -0.1) is 0 Å². The third-order valence-electron chi connectivity index (χ3n) is 2.70. The van der Waals surface area contributed by atoms with E-state index in [0.29, 0.717) is 0 Å². The standard InChI is InChI=1S/C11H9ClN2O6S/c1-5-2-6(21(18,19)20)3-7(12)10(5)14-9(15)4-8(13-14)11(16)17/h2-4,13H,1H3,(H,16,17)(H,18,19,20). The molecule has 112 valence electrons. The van der Waals surface area contributed by atoms with Gasteiger partial charge in [-0.25, -0.2) is 9.48 Å². The van der Waals surface area contributed by atoms with Crippen LogP contribution in [0.4, 0.5) is 0 Å². The van der Waals surface area contributed by atoms with Crippen molar-refractivity contribution in [2.24, 2.45) is 0 Å². The Morgan fingerprint density at radius 1 is 1.33 bits per heavy atom. The number of nitrogens with zero attached hydrogens (tertiary/aromatic N) is 1. The number of carboxylic acids is 1. The largest absolute Gasteiger partial charge is 0.477 e. The van der Waals surface area contributed by atoms with E-state index < -0.39 is 26.5 Å². The van der Waals surface area contributed by atoms with Crippen molar-refractivity contribution in [2.75, 3.05) is 0 Å². The zero-order valence-electron chi connectivity index (χ0n) is 10.5. The molecule has 0 saturated carbocycles. The summed E-state index contributed by atoms with van der Waals surface area (Å²) in [5.74, 6) is -1.32. The van der Waals surface area contributed by atoms with Gasteiger partial charge in [0.1, 0.15) is 5.69 Å². The van der Waals surface area contributed by atoms with Gasteiger partial charge in [0, 0.05) is 6.07 Å². The molecule has 0 atom stereocenters. The molecule has 1 aromatic carbocycles. The number of hydrogen-bond donors (Lipinski definition) is 3. The van der Waals surface area contributed by atoms with Gasteiger partial charge in [-0.2, -0.15) is 8.42 Å². The van der Waals surface area contributed by atoms with Crippen molar-refractivity contribution in [1.29, 1.82) is 0 Å². The quantitative estimate of drug-likeness (QED) is 0.721. The van der Waals surface area contributed by atoms with Crippen molar-refractivity contribution in [3.63, 3.8) is 0 Å². The van der Waals surface area contributed by atoms with Crippen LogP contribution in [0.1, 0.15) is 16.1 Å². The van der Waals surface area contributed by atoms with E-state index >= 15 is 0 Å². The molecule has 0 radical (unpaired) electrons. The number of carboxylic acid groups (broad SMARTS) is 1. The molecule has 3 N–H and O–H groups in total. The number of benzene rings is 1. The Balaban J connectivity index is 2.72. The second-order valence-corrected chi connectivity index (χ2v) is 6.02. The van der Waals surface area contributed by atoms with Gasteiger partial charge in [-0.05, 0) is 24.6 Å². The summed E-state index contributed by atoms with van der Waals surface area (Å²) in [5, 5.41) is 11.0. The first-order chi connectivity index (χ1) is 9.61. The molecule has 2 aromatic rings. The maximum absolute atomic E-state index is 11.8. The summed E-state index contributed by atoms with van der Waals surface area (Å²) in [6, 6.07) is 2.95. The molecule has 0 bridgehead atoms. The van der Waals surface area contributed by atoms with Crippen LogP contribution in [0.3, 0.4) is 0 Å². The van der Waals surface area contributed by atoms with Gasteiger partial charge < -0.3 is 5.11 Å². The molecule has 0 aliphatic carbocycles. The first-order valence-corrected chi connectivity index (χ1v) is 7.26.